The van der Waals surface area contributed by atoms with Crippen LogP contribution in [-0.4, -0.2) is 0 Å². The molecule has 0 saturated heterocycles. The molecular weight excluding hydrogens is 663 g/mol. The molecule has 0 saturated carbocycles. The van der Waals surface area contributed by atoms with Crippen molar-refractivity contribution in [2.45, 2.75) is 38.5 Å². The van der Waals surface area contributed by atoms with Crippen LogP contribution >= 0.6 is 0 Å². The predicted molar refractivity (Wildman–Crippen MR) is 233 cm³/mol. The molecule has 8 aromatic carbocycles. The van der Waals surface area contributed by atoms with Crippen molar-refractivity contribution in [3.63, 3.8) is 0 Å². The lowest BCUT2D eigenvalue weighted by Gasteiger charge is -2.31. The number of hydrogen-bond donors (Lipinski definition) is 0. The van der Waals surface area contributed by atoms with Gasteiger partial charge in [0.1, 0.15) is 0 Å². The zero-order valence-corrected chi connectivity index (χ0v) is 31.8. The zero-order valence-electron chi connectivity index (χ0n) is 31.8. The summed E-state index contributed by atoms with van der Waals surface area (Å²) >= 11 is 0. The Morgan fingerprint density at radius 2 is 0.836 bits per heavy atom. The predicted octanol–water partition coefficient (Wildman–Crippen LogP) is 14.8. The van der Waals surface area contributed by atoms with E-state index < -0.39 is 0 Å². The molecule has 1 nitrogen and oxygen atoms in total. The van der Waals surface area contributed by atoms with Crippen LogP contribution in [0.2, 0.25) is 0 Å². The van der Waals surface area contributed by atoms with Gasteiger partial charge in [-0.1, -0.05) is 179 Å². The summed E-state index contributed by atoms with van der Waals surface area (Å²) in [4.78, 5) is 2.48. The summed E-state index contributed by atoms with van der Waals surface area (Å²) < 4.78 is 0. The number of rotatable bonds is 6. The van der Waals surface area contributed by atoms with Crippen molar-refractivity contribution in [1.29, 1.82) is 0 Å². The van der Waals surface area contributed by atoms with Crippen LogP contribution in [0.3, 0.4) is 0 Å². The monoisotopic (exact) mass is 705 g/mol. The van der Waals surface area contributed by atoms with Crippen molar-refractivity contribution in [3.8, 4) is 55.6 Å². The van der Waals surface area contributed by atoms with E-state index in [-0.39, 0.29) is 10.8 Å². The molecule has 0 fully saturated rings. The lowest BCUT2D eigenvalue weighted by atomic mass is 9.81. The molecule has 0 unspecified atom stereocenters. The van der Waals surface area contributed by atoms with E-state index in [1.165, 1.54) is 77.9 Å². The number of para-hydroxylation sites is 1. The fourth-order valence-electron chi connectivity index (χ4n) is 9.55. The van der Waals surface area contributed by atoms with E-state index in [0.29, 0.717) is 0 Å². The molecule has 0 aliphatic heterocycles. The van der Waals surface area contributed by atoms with E-state index in [2.05, 4.69) is 221 Å². The van der Waals surface area contributed by atoms with Crippen LogP contribution < -0.4 is 4.90 Å². The molecule has 264 valence electrons. The second-order valence-corrected chi connectivity index (χ2v) is 16.1. The number of anilines is 3. The number of fused-ring (bicyclic) bond motifs is 6. The SMILES string of the molecule is CC1(C)c2ccccc2-c2cc(-c3c(-c4ccccc4-c4ccccc4)cccc3N(c3ccccc3)c3ccc4c(c3)C(C)(C)c3ccccc3-4)ccc21. The highest BCUT2D eigenvalue weighted by atomic mass is 15.1. The lowest BCUT2D eigenvalue weighted by molar-refractivity contribution is 0.660. The summed E-state index contributed by atoms with van der Waals surface area (Å²) in [6.07, 6.45) is 0. The van der Waals surface area contributed by atoms with Gasteiger partial charge in [0.25, 0.3) is 0 Å². The molecule has 1 heteroatoms. The molecule has 2 aliphatic rings. The van der Waals surface area contributed by atoms with Crippen molar-refractivity contribution >= 4 is 17.1 Å². The Balaban J connectivity index is 1.26. The van der Waals surface area contributed by atoms with Gasteiger partial charge in [-0.3, -0.25) is 0 Å². The fourth-order valence-corrected chi connectivity index (χ4v) is 9.55. The fraction of sp³-hybridized carbons (Fsp3) is 0.111. The van der Waals surface area contributed by atoms with Gasteiger partial charge in [-0.05, 0) is 109 Å². The zero-order chi connectivity index (χ0) is 37.3. The molecule has 10 rings (SSSR count). The van der Waals surface area contributed by atoms with Crippen molar-refractivity contribution in [3.05, 3.63) is 210 Å². The van der Waals surface area contributed by atoms with Crippen molar-refractivity contribution in [2.75, 3.05) is 4.90 Å². The first-order valence-electron chi connectivity index (χ1n) is 19.4. The van der Waals surface area contributed by atoms with Gasteiger partial charge in [0.05, 0.1) is 5.69 Å². The average Bonchev–Trinajstić information content (AvgIpc) is 3.60. The summed E-state index contributed by atoms with van der Waals surface area (Å²) in [5.74, 6) is 0. The number of nitrogens with zero attached hydrogens (tertiary/aromatic N) is 1. The summed E-state index contributed by atoms with van der Waals surface area (Å²) in [5, 5.41) is 0. The normalized spacial score (nSPS) is 14.1. The van der Waals surface area contributed by atoms with Crippen LogP contribution in [-0.2, 0) is 10.8 Å². The molecule has 8 aromatic rings. The van der Waals surface area contributed by atoms with Crippen molar-refractivity contribution < 1.29 is 0 Å². The van der Waals surface area contributed by atoms with Gasteiger partial charge >= 0.3 is 0 Å². The van der Waals surface area contributed by atoms with E-state index in [0.717, 1.165) is 17.1 Å². The lowest BCUT2D eigenvalue weighted by Crippen LogP contribution is -2.17. The highest BCUT2D eigenvalue weighted by Crippen LogP contribution is 2.54. The van der Waals surface area contributed by atoms with Gasteiger partial charge in [0.15, 0.2) is 0 Å². The van der Waals surface area contributed by atoms with Crippen LogP contribution in [0, 0.1) is 0 Å². The molecular formula is C54H43N. The van der Waals surface area contributed by atoms with Crippen molar-refractivity contribution in [2.24, 2.45) is 0 Å². The summed E-state index contributed by atoms with van der Waals surface area (Å²) in [5.41, 5.74) is 21.3. The molecule has 55 heavy (non-hydrogen) atoms. The van der Waals surface area contributed by atoms with E-state index >= 15 is 0 Å². The topological polar surface area (TPSA) is 3.24 Å². The average molecular weight is 706 g/mol. The van der Waals surface area contributed by atoms with E-state index in [1.54, 1.807) is 0 Å². The quantitative estimate of drug-likeness (QED) is 0.166. The number of benzene rings is 8. The molecule has 0 radical (unpaired) electrons. The molecule has 2 aliphatic carbocycles. The van der Waals surface area contributed by atoms with Gasteiger partial charge < -0.3 is 4.90 Å². The highest BCUT2D eigenvalue weighted by Gasteiger charge is 2.37. The maximum atomic E-state index is 2.48. The third-order valence-electron chi connectivity index (χ3n) is 12.3. The largest absolute Gasteiger partial charge is 0.310 e. The smallest absolute Gasteiger partial charge is 0.0546 e. The van der Waals surface area contributed by atoms with Crippen LogP contribution in [0.5, 0.6) is 0 Å². The molecule has 0 amide bonds. The van der Waals surface area contributed by atoms with Gasteiger partial charge in [0.2, 0.25) is 0 Å². The molecule has 0 heterocycles. The first-order chi connectivity index (χ1) is 26.8. The second-order valence-electron chi connectivity index (χ2n) is 16.1. The third-order valence-corrected chi connectivity index (χ3v) is 12.3. The van der Waals surface area contributed by atoms with Gasteiger partial charge in [-0.2, -0.15) is 0 Å². The maximum absolute atomic E-state index is 2.48. The van der Waals surface area contributed by atoms with Gasteiger partial charge in [-0.25, -0.2) is 0 Å². The molecule has 0 N–H and O–H groups in total. The highest BCUT2D eigenvalue weighted by molar-refractivity contribution is 6.01. The Morgan fingerprint density at radius 1 is 0.309 bits per heavy atom. The second kappa shape index (κ2) is 12.6. The van der Waals surface area contributed by atoms with E-state index in [4.69, 9.17) is 0 Å². The Bertz CT molecular complexity index is 2750. The first kappa shape index (κ1) is 33.2. The van der Waals surface area contributed by atoms with E-state index in [9.17, 15) is 0 Å². The maximum Gasteiger partial charge on any atom is 0.0546 e. The van der Waals surface area contributed by atoms with Crippen LogP contribution in [0.1, 0.15) is 49.9 Å². The Morgan fingerprint density at radius 3 is 1.55 bits per heavy atom. The molecule has 0 atom stereocenters. The first-order valence-corrected chi connectivity index (χ1v) is 19.4. The Labute approximate surface area is 325 Å². The number of hydrogen-bond acceptors (Lipinski definition) is 1. The van der Waals surface area contributed by atoms with Gasteiger partial charge in [-0.15, -0.1) is 0 Å². The summed E-state index contributed by atoms with van der Waals surface area (Å²) in [6, 6.07) is 69.6. The third kappa shape index (κ3) is 5.14. The van der Waals surface area contributed by atoms with Crippen LogP contribution in [0.25, 0.3) is 55.6 Å². The minimum Gasteiger partial charge on any atom is -0.310 e. The standard InChI is InChI=1S/C54H43N/c1-53(2)48-28-16-14-25-43(48)46-34-37(30-33-49(46)53)52-45(41-23-12-11-22-40(41)36-18-7-5-8-19-36)26-17-29-51(52)55(38-20-9-6-10-21-38)39-31-32-44-42-24-13-15-27-47(42)54(3,4)50(44)35-39/h5-35H,1-4H3. The minimum absolute atomic E-state index is 0.0718. The Hall–Kier alpha value is -6.44. The Kier molecular flexibility index (Phi) is 7.58. The summed E-state index contributed by atoms with van der Waals surface area (Å²) in [7, 11) is 0. The summed E-state index contributed by atoms with van der Waals surface area (Å²) in [6.45, 7) is 9.45. The molecule has 0 spiro atoms. The van der Waals surface area contributed by atoms with Crippen LogP contribution in [0.15, 0.2) is 188 Å². The van der Waals surface area contributed by atoms with Crippen molar-refractivity contribution in [1.82, 2.24) is 0 Å². The van der Waals surface area contributed by atoms with Gasteiger partial charge in [0, 0.05) is 27.8 Å². The van der Waals surface area contributed by atoms with E-state index in [1.807, 2.05) is 0 Å². The minimum atomic E-state index is -0.121. The van der Waals surface area contributed by atoms with Crippen LogP contribution in [0.4, 0.5) is 17.1 Å². The molecule has 0 aromatic heterocycles. The molecule has 0 bridgehead atoms.